The minimum Gasteiger partial charge on any atom is -0.371 e. The maximum Gasteiger partial charge on any atom is 0.0594 e. The fourth-order valence-electron chi connectivity index (χ4n) is 2.01. The van der Waals surface area contributed by atoms with Gasteiger partial charge in [-0.3, -0.25) is 0 Å². The van der Waals surface area contributed by atoms with E-state index in [0.29, 0.717) is 0 Å². The highest BCUT2D eigenvalue weighted by atomic mass is 35.5. The van der Waals surface area contributed by atoms with Crippen molar-refractivity contribution in [2.75, 3.05) is 33.2 Å². The molecule has 0 unspecified atom stereocenters. The summed E-state index contributed by atoms with van der Waals surface area (Å²) in [5.74, 6) is 0. The van der Waals surface area contributed by atoms with E-state index in [1.54, 1.807) is 0 Å². The van der Waals surface area contributed by atoms with E-state index >= 15 is 0 Å². The van der Waals surface area contributed by atoms with Crippen molar-refractivity contribution in [2.45, 2.75) is 12.8 Å². The van der Waals surface area contributed by atoms with Crippen molar-refractivity contribution in [1.29, 1.82) is 0 Å². The number of halogens is 1. The van der Waals surface area contributed by atoms with Crippen LogP contribution in [0.15, 0.2) is 22.9 Å². The monoisotopic (exact) mass is 212 g/mol. The third kappa shape index (κ3) is 2.12. The van der Waals surface area contributed by atoms with Gasteiger partial charge in [-0.1, -0.05) is 17.7 Å². The highest BCUT2D eigenvalue weighted by molar-refractivity contribution is 6.31. The summed E-state index contributed by atoms with van der Waals surface area (Å²) in [5.41, 5.74) is 1.35. The van der Waals surface area contributed by atoms with Gasteiger partial charge >= 0.3 is 0 Å². The Morgan fingerprint density at radius 1 is 1.21 bits per heavy atom. The summed E-state index contributed by atoms with van der Waals surface area (Å²) in [6.07, 6.45) is 6.44. The highest BCUT2D eigenvalue weighted by Gasteiger charge is 2.18. The number of piperazine rings is 1. The Morgan fingerprint density at radius 3 is 2.57 bits per heavy atom. The maximum absolute atomic E-state index is 6.19. The molecule has 0 aromatic carbocycles. The fraction of sp³-hybridized carbons (Fsp3) is 0.636. The first kappa shape index (κ1) is 10.1. The first-order chi connectivity index (χ1) is 6.77. The van der Waals surface area contributed by atoms with Gasteiger partial charge in [-0.2, -0.15) is 0 Å². The van der Waals surface area contributed by atoms with Gasteiger partial charge in [0.05, 0.1) is 5.03 Å². The van der Waals surface area contributed by atoms with E-state index < -0.39 is 0 Å². The second kappa shape index (κ2) is 4.37. The van der Waals surface area contributed by atoms with E-state index in [2.05, 4.69) is 22.9 Å². The third-order valence-corrected chi connectivity index (χ3v) is 3.32. The SMILES string of the molecule is CN1CCN(C2=C(Cl)C=CCC2)CC1. The van der Waals surface area contributed by atoms with Gasteiger partial charge in [-0.15, -0.1) is 0 Å². The van der Waals surface area contributed by atoms with E-state index in [9.17, 15) is 0 Å². The van der Waals surface area contributed by atoms with Gasteiger partial charge < -0.3 is 9.80 Å². The predicted molar refractivity (Wildman–Crippen MR) is 60.3 cm³/mol. The Kier molecular flexibility index (Phi) is 3.14. The summed E-state index contributed by atoms with van der Waals surface area (Å²) in [5, 5.41) is 0.945. The molecule has 0 spiro atoms. The molecule has 14 heavy (non-hydrogen) atoms. The lowest BCUT2D eigenvalue weighted by atomic mass is 10.1. The van der Waals surface area contributed by atoms with Crippen LogP contribution < -0.4 is 0 Å². The molecule has 0 N–H and O–H groups in total. The summed E-state index contributed by atoms with van der Waals surface area (Å²) >= 11 is 6.19. The van der Waals surface area contributed by atoms with Crippen LogP contribution in [-0.4, -0.2) is 43.0 Å². The molecular formula is C11H17ClN2. The lowest BCUT2D eigenvalue weighted by Crippen LogP contribution is -2.44. The van der Waals surface area contributed by atoms with Crippen LogP contribution in [0.3, 0.4) is 0 Å². The molecule has 1 aliphatic heterocycles. The molecule has 1 heterocycles. The first-order valence-corrected chi connectivity index (χ1v) is 5.64. The summed E-state index contributed by atoms with van der Waals surface area (Å²) in [6, 6.07) is 0. The van der Waals surface area contributed by atoms with Crippen molar-refractivity contribution in [1.82, 2.24) is 9.80 Å². The average Bonchev–Trinajstić information content (AvgIpc) is 2.20. The fourth-order valence-corrected chi connectivity index (χ4v) is 2.31. The van der Waals surface area contributed by atoms with Crippen LogP contribution in [0, 0.1) is 0 Å². The van der Waals surface area contributed by atoms with E-state index in [1.165, 1.54) is 5.70 Å². The van der Waals surface area contributed by atoms with Crippen LogP contribution in [0.2, 0.25) is 0 Å². The van der Waals surface area contributed by atoms with Crippen molar-refractivity contribution in [3.05, 3.63) is 22.9 Å². The Bertz CT molecular complexity index is 262. The van der Waals surface area contributed by atoms with Gasteiger partial charge in [0.1, 0.15) is 0 Å². The molecule has 2 rings (SSSR count). The number of hydrogen-bond acceptors (Lipinski definition) is 2. The predicted octanol–water partition coefficient (Wildman–Crippen LogP) is 2.03. The third-order valence-electron chi connectivity index (χ3n) is 2.97. The van der Waals surface area contributed by atoms with Gasteiger partial charge in [0.2, 0.25) is 0 Å². The molecule has 0 saturated carbocycles. The van der Waals surface area contributed by atoms with E-state index in [1.807, 2.05) is 6.08 Å². The first-order valence-electron chi connectivity index (χ1n) is 5.26. The lowest BCUT2D eigenvalue weighted by molar-refractivity contribution is 0.182. The van der Waals surface area contributed by atoms with Gasteiger partial charge in [0.15, 0.2) is 0 Å². The summed E-state index contributed by atoms with van der Waals surface area (Å²) in [7, 11) is 2.17. The van der Waals surface area contributed by atoms with Crippen LogP contribution >= 0.6 is 11.6 Å². The summed E-state index contributed by atoms with van der Waals surface area (Å²) < 4.78 is 0. The molecule has 78 valence electrons. The smallest absolute Gasteiger partial charge is 0.0594 e. The molecule has 0 radical (unpaired) electrons. The second-order valence-corrected chi connectivity index (χ2v) is 4.43. The summed E-state index contributed by atoms with van der Waals surface area (Å²) in [6.45, 7) is 4.54. The standard InChI is InChI=1S/C11H17ClN2/c1-13-6-8-14(9-7-13)11-5-3-2-4-10(11)12/h2,4H,3,5-9H2,1H3. The second-order valence-electron chi connectivity index (χ2n) is 4.03. The Balaban J connectivity index is 2.04. The van der Waals surface area contributed by atoms with Crippen molar-refractivity contribution < 1.29 is 0 Å². The molecule has 0 atom stereocenters. The van der Waals surface area contributed by atoms with E-state index in [0.717, 1.165) is 44.1 Å². The number of nitrogens with zero attached hydrogens (tertiary/aromatic N) is 2. The quantitative estimate of drug-likeness (QED) is 0.657. The van der Waals surface area contributed by atoms with Crippen LogP contribution in [0.25, 0.3) is 0 Å². The molecule has 0 aromatic rings. The van der Waals surface area contributed by atoms with Gasteiger partial charge in [-0.25, -0.2) is 0 Å². The minimum absolute atomic E-state index is 0.945. The van der Waals surface area contributed by atoms with Gasteiger partial charge in [0, 0.05) is 31.9 Å². The van der Waals surface area contributed by atoms with Crippen molar-refractivity contribution >= 4 is 11.6 Å². The molecule has 3 heteroatoms. The van der Waals surface area contributed by atoms with Crippen LogP contribution in [0.1, 0.15) is 12.8 Å². The molecule has 2 nitrogen and oxygen atoms in total. The number of allylic oxidation sites excluding steroid dienone is 4. The average molecular weight is 213 g/mol. The maximum atomic E-state index is 6.19. The molecule has 1 fully saturated rings. The normalized spacial score (nSPS) is 24.6. The number of rotatable bonds is 1. The molecule has 0 aromatic heterocycles. The number of hydrogen-bond donors (Lipinski definition) is 0. The highest BCUT2D eigenvalue weighted by Crippen LogP contribution is 2.25. The zero-order valence-corrected chi connectivity index (χ0v) is 9.43. The van der Waals surface area contributed by atoms with Gasteiger partial charge in [-0.05, 0) is 26.0 Å². The van der Waals surface area contributed by atoms with Crippen molar-refractivity contribution in [2.24, 2.45) is 0 Å². The molecule has 2 aliphatic rings. The minimum atomic E-state index is 0.945. The molecular weight excluding hydrogens is 196 g/mol. The van der Waals surface area contributed by atoms with Crippen LogP contribution in [-0.2, 0) is 0 Å². The molecule has 1 aliphatic carbocycles. The molecule has 0 bridgehead atoms. The zero-order chi connectivity index (χ0) is 9.97. The number of likely N-dealkylation sites (N-methyl/N-ethyl adjacent to an activating group) is 1. The van der Waals surface area contributed by atoms with Crippen molar-refractivity contribution in [3.63, 3.8) is 0 Å². The van der Waals surface area contributed by atoms with Crippen LogP contribution in [0.4, 0.5) is 0 Å². The Hall–Kier alpha value is -0.470. The van der Waals surface area contributed by atoms with Crippen molar-refractivity contribution in [3.8, 4) is 0 Å². The largest absolute Gasteiger partial charge is 0.371 e. The Morgan fingerprint density at radius 2 is 1.93 bits per heavy atom. The van der Waals surface area contributed by atoms with Crippen LogP contribution in [0.5, 0.6) is 0 Å². The lowest BCUT2D eigenvalue weighted by Gasteiger charge is -2.36. The summed E-state index contributed by atoms with van der Waals surface area (Å²) in [4.78, 5) is 4.80. The molecule has 0 amide bonds. The van der Waals surface area contributed by atoms with E-state index in [4.69, 9.17) is 11.6 Å². The van der Waals surface area contributed by atoms with E-state index in [-0.39, 0.29) is 0 Å². The van der Waals surface area contributed by atoms with Gasteiger partial charge in [0.25, 0.3) is 0 Å². The Labute approximate surface area is 90.8 Å². The molecule has 1 saturated heterocycles. The topological polar surface area (TPSA) is 6.48 Å². The zero-order valence-electron chi connectivity index (χ0n) is 8.67.